The van der Waals surface area contributed by atoms with Gasteiger partial charge in [0.15, 0.2) is 17.1 Å². The molecule has 0 aliphatic heterocycles. The van der Waals surface area contributed by atoms with Crippen LogP contribution >= 0.6 is 23.5 Å². The van der Waals surface area contributed by atoms with E-state index in [0.29, 0.717) is 34.2 Å². The maximum absolute atomic E-state index is 10.3. The number of ether oxygens (including phenoxy) is 2. The van der Waals surface area contributed by atoms with Crippen molar-refractivity contribution in [1.29, 1.82) is 10.5 Å². The molecular weight excluding hydrogens is 835 g/mol. The molecular formula is C48H27N7O6S2. The number of nitriles is 2. The summed E-state index contributed by atoms with van der Waals surface area (Å²) in [4.78, 5) is 26.6. The number of benzene rings is 7. The van der Waals surface area contributed by atoms with E-state index in [0.717, 1.165) is 25.6 Å². The Bertz CT molecular complexity index is 2850. The molecule has 0 fully saturated rings. The maximum Gasteiger partial charge on any atom is 0.256 e. The lowest BCUT2D eigenvalue weighted by atomic mass is 10.1. The highest BCUT2D eigenvalue weighted by atomic mass is 32.2. The van der Waals surface area contributed by atoms with E-state index >= 15 is 0 Å². The van der Waals surface area contributed by atoms with E-state index in [9.17, 15) is 10.1 Å². The molecule has 2 N–H and O–H groups in total. The second-order valence-electron chi connectivity index (χ2n) is 12.3. The van der Waals surface area contributed by atoms with Crippen molar-refractivity contribution in [2.45, 2.75) is 19.6 Å². The van der Waals surface area contributed by atoms with Gasteiger partial charge < -0.3 is 19.7 Å². The summed E-state index contributed by atoms with van der Waals surface area (Å²) in [5.41, 5.74) is 1.15. The maximum atomic E-state index is 10.3. The van der Waals surface area contributed by atoms with Gasteiger partial charge in [-0.15, -0.1) is 0 Å². The minimum Gasteiger partial charge on any atom is -0.508 e. The van der Waals surface area contributed by atoms with Gasteiger partial charge in [-0.05, 0) is 127 Å². The topological polar surface area (TPSA) is 167 Å². The second kappa shape index (κ2) is 22.2. The lowest BCUT2D eigenvalue weighted by Gasteiger charge is -2.09. The van der Waals surface area contributed by atoms with Crippen LogP contribution in [0, 0.1) is 59.1 Å². The number of aromatic hydroxyl groups is 2. The summed E-state index contributed by atoms with van der Waals surface area (Å²) in [6.45, 7) is 27.7. The summed E-state index contributed by atoms with van der Waals surface area (Å²) in [6.07, 6.45) is 0. The first-order valence-corrected chi connectivity index (χ1v) is 19.5. The molecule has 0 saturated heterocycles. The van der Waals surface area contributed by atoms with E-state index in [4.69, 9.17) is 56.5 Å². The molecule has 0 amide bonds. The van der Waals surface area contributed by atoms with E-state index in [1.807, 2.05) is 84.9 Å². The van der Waals surface area contributed by atoms with E-state index < -0.39 is 4.92 Å². The molecule has 7 rings (SSSR count). The number of phenolic OH excluding ortho intramolecular Hbond substituents is 2. The van der Waals surface area contributed by atoms with Crippen molar-refractivity contribution in [3.63, 3.8) is 0 Å². The Balaban J connectivity index is 0.000000218. The van der Waals surface area contributed by atoms with Crippen molar-refractivity contribution in [3.8, 4) is 46.6 Å². The Morgan fingerprint density at radius 2 is 0.841 bits per heavy atom. The van der Waals surface area contributed by atoms with Gasteiger partial charge >= 0.3 is 0 Å². The van der Waals surface area contributed by atoms with E-state index in [-0.39, 0.29) is 39.8 Å². The number of hydrogen-bond donors (Lipinski definition) is 2. The third kappa shape index (κ3) is 13.1. The predicted molar refractivity (Wildman–Crippen MR) is 238 cm³/mol. The van der Waals surface area contributed by atoms with Crippen LogP contribution in [0.15, 0.2) is 171 Å². The quantitative estimate of drug-likeness (QED) is 0.0810. The molecule has 0 aliphatic carbocycles. The Labute approximate surface area is 370 Å². The van der Waals surface area contributed by atoms with Gasteiger partial charge in [0.1, 0.15) is 46.6 Å². The summed E-state index contributed by atoms with van der Waals surface area (Å²) in [7, 11) is 0. The highest BCUT2D eigenvalue weighted by Crippen LogP contribution is 2.36. The molecule has 302 valence electrons. The summed E-state index contributed by atoms with van der Waals surface area (Å²) in [6, 6.07) is 46.3. The van der Waals surface area contributed by atoms with Crippen LogP contribution in [0.4, 0.5) is 28.4 Å². The minimum atomic E-state index is -0.595. The number of hydrogen-bond acceptors (Lipinski definition) is 10. The Morgan fingerprint density at radius 1 is 0.476 bits per heavy atom. The first kappa shape index (κ1) is 44.9. The van der Waals surface area contributed by atoms with Crippen LogP contribution in [-0.2, 0) is 0 Å². The first-order valence-electron chi connectivity index (χ1n) is 17.9. The van der Waals surface area contributed by atoms with Crippen molar-refractivity contribution < 1.29 is 24.6 Å². The molecule has 7 aromatic rings. The molecule has 0 aromatic heterocycles. The van der Waals surface area contributed by atoms with Gasteiger partial charge in [0, 0.05) is 31.7 Å². The van der Waals surface area contributed by atoms with Gasteiger partial charge in [0.25, 0.3) is 5.69 Å². The number of nitro benzene ring substituents is 1. The summed E-state index contributed by atoms with van der Waals surface area (Å²) in [5.74, 6) is 2.78. The molecule has 0 radical (unpaired) electrons. The van der Waals surface area contributed by atoms with Crippen LogP contribution in [0.25, 0.3) is 19.4 Å². The van der Waals surface area contributed by atoms with Gasteiger partial charge in [-0.1, -0.05) is 35.7 Å². The number of phenols is 2. The molecule has 0 aliphatic rings. The van der Waals surface area contributed by atoms with Crippen molar-refractivity contribution in [1.82, 2.24) is 0 Å². The van der Waals surface area contributed by atoms with Gasteiger partial charge in [-0.2, -0.15) is 10.5 Å². The average molecular weight is 862 g/mol. The zero-order chi connectivity index (χ0) is 45.1. The van der Waals surface area contributed by atoms with Crippen LogP contribution < -0.4 is 9.47 Å². The summed E-state index contributed by atoms with van der Waals surface area (Å²) < 4.78 is 11.6. The molecule has 0 heterocycles. The minimum absolute atomic E-state index is 0.0178. The Hall–Kier alpha value is -9.22. The number of non-ortho nitro benzene ring substituents is 1. The first-order chi connectivity index (χ1) is 30.5. The van der Waals surface area contributed by atoms with Crippen molar-refractivity contribution in [3.05, 3.63) is 219 Å². The molecule has 0 unspecified atom stereocenters. The van der Waals surface area contributed by atoms with Crippen LogP contribution in [0.1, 0.15) is 11.1 Å². The van der Waals surface area contributed by atoms with Crippen LogP contribution in [0.5, 0.6) is 34.5 Å². The molecule has 13 nitrogen and oxygen atoms in total. The predicted octanol–water partition coefficient (Wildman–Crippen LogP) is 14.2. The smallest absolute Gasteiger partial charge is 0.256 e. The molecule has 7 aromatic carbocycles. The largest absolute Gasteiger partial charge is 0.508 e. The standard InChI is InChI=1S/C28H14N4O2S.C12H10O2S.C8H3N3O2/c1-31-27-14-9-24(16-28(27)32-2)34-22-7-12-26(13-8-22)35-25-10-5-21(6-11-25)33-23-4-3-19(17-29)20(15-23)18-30;13-9-1-5-11(6-2-9)15-12-7-3-10(14)4-8-12;1-9-7-4-3-6(11(12)13)5-8(7)10-2/h3-16H;1-8,13-14H;3-5H. The molecule has 0 spiro atoms. The van der Waals surface area contributed by atoms with Gasteiger partial charge in [0.2, 0.25) is 5.69 Å². The highest BCUT2D eigenvalue weighted by Gasteiger charge is 2.11. The zero-order valence-corrected chi connectivity index (χ0v) is 34.0. The Kier molecular flexibility index (Phi) is 15.8. The van der Waals surface area contributed by atoms with Gasteiger partial charge in [-0.25, -0.2) is 9.69 Å². The summed E-state index contributed by atoms with van der Waals surface area (Å²) in [5, 5.41) is 46.7. The fourth-order valence-electron chi connectivity index (χ4n) is 5.06. The average Bonchev–Trinajstić information content (AvgIpc) is 3.31. The SMILES string of the molecule is Oc1ccc(Sc2ccc(O)cc2)cc1.[C-]#[N+]c1ccc(Oc2ccc(Sc3ccc(Oc4ccc(C#N)c(C#N)c4)cc3)cc2)cc1[N+]#[C-].[C-]#[N+]c1ccc([N+](=O)[O-])cc1[N+]#[C-]. The molecule has 0 atom stereocenters. The van der Waals surface area contributed by atoms with Crippen molar-refractivity contribution in [2.75, 3.05) is 0 Å². The fourth-order valence-corrected chi connectivity index (χ4v) is 6.69. The summed E-state index contributed by atoms with van der Waals surface area (Å²) >= 11 is 3.16. The molecule has 0 bridgehead atoms. The third-order valence-corrected chi connectivity index (χ3v) is 10.1. The third-order valence-electron chi connectivity index (χ3n) is 8.09. The number of nitrogens with zero attached hydrogens (tertiary/aromatic N) is 7. The zero-order valence-electron chi connectivity index (χ0n) is 32.4. The van der Waals surface area contributed by atoms with Crippen LogP contribution in [0.2, 0.25) is 0 Å². The van der Waals surface area contributed by atoms with Crippen molar-refractivity contribution >= 4 is 52.0 Å². The lowest BCUT2D eigenvalue weighted by Crippen LogP contribution is -1.88. The van der Waals surface area contributed by atoms with Crippen LogP contribution in [-0.4, -0.2) is 15.1 Å². The van der Waals surface area contributed by atoms with E-state index in [2.05, 4.69) is 19.4 Å². The number of rotatable bonds is 9. The molecule has 63 heavy (non-hydrogen) atoms. The highest BCUT2D eigenvalue weighted by molar-refractivity contribution is 7.99. The normalized spacial score (nSPS) is 9.56. The van der Waals surface area contributed by atoms with Gasteiger partial charge in [0.05, 0.1) is 42.3 Å². The van der Waals surface area contributed by atoms with E-state index in [1.54, 1.807) is 84.2 Å². The molecule has 0 saturated carbocycles. The fraction of sp³-hybridized carbons (Fsp3) is 0. The van der Waals surface area contributed by atoms with Crippen LogP contribution in [0.3, 0.4) is 0 Å². The van der Waals surface area contributed by atoms with Crippen molar-refractivity contribution in [2.24, 2.45) is 0 Å². The Morgan fingerprint density at radius 3 is 1.25 bits per heavy atom. The lowest BCUT2D eigenvalue weighted by molar-refractivity contribution is -0.384. The number of nitro groups is 1. The second-order valence-corrected chi connectivity index (χ2v) is 14.6. The molecule has 15 heteroatoms. The monoisotopic (exact) mass is 861 g/mol. The van der Waals surface area contributed by atoms with Gasteiger partial charge in [-0.3, -0.25) is 19.8 Å². The van der Waals surface area contributed by atoms with E-state index in [1.165, 1.54) is 12.1 Å².